The molecule has 0 aromatic carbocycles. The van der Waals surface area contributed by atoms with Crippen molar-refractivity contribution >= 4 is 0 Å². The van der Waals surface area contributed by atoms with Crippen molar-refractivity contribution in [3.8, 4) is 0 Å². The number of nitrogens with zero attached hydrogens (tertiary/aromatic N) is 1. The quantitative estimate of drug-likeness (QED) is 0.425. The van der Waals surface area contributed by atoms with Crippen molar-refractivity contribution in [1.29, 1.82) is 0 Å². The molecule has 2 aliphatic heterocycles. The van der Waals surface area contributed by atoms with E-state index in [2.05, 4.69) is 20.4 Å². The van der Waals surface area contributed by atoms with Crippen LogP contribution < -0.4 is 17.0 Å². The Labute approximate surface area is 92.2 Å². The van der Waals surface area contributed by atoms with Gasteiger partial charge >= 0.3 is 0 Å². The maximum Gasteiger partial charge on any atom is 0.111 e. The van der Waals surface area contributed by atoms with E-state index in [1.807, 2.05) is 0 Å². The molecule has 2 aliphatic rings. The summed E-state index contributed by atoms with van der Waals surface area (Å²) in [4.78, 5) is 0. The van der Waals surface area contributed by atoms with Crippen LogP contribution in [-0.4, -0.2) is 29.7 Å². The molecule has 0 saturated carbocycles. The number of hydrogen-bond acceptors (Lipinski definition) is 0. The van der Waals surface area contributed by atoms with E-state index in [0.717, 1.165) is 12.1 Å². The molecule has 0 aromatic heterocycles. The van der Waals surface area contributed by atoms with Crippen molar-refractivity contribution < 1.29 is 21.5 Å². The lowest BCUT2D eigenvalue weighted by Gasteiger charge is -2.38. The first-order chi connectivity index (χ1) is 5.67. The molecule has 2 saturated heterocycles. The Kier molecular flexibility index (Phi) is 3.24. The van der Waals surface area contributed by atoms with Gasteiger partial charge in [0.25, 0.3) is 0 Å². The van der Waals surface area contributed by atoms with Crippen LogP contribution in [0.3, 0.4) is 0 Å². The first-order valence-corrected chi connectivity index (χ1v) is 5.21. The van der Waals surface area contributed by atoms with E-state index in [1.165, 1.54) is 42.4 Å². The molecule has 13 heavy (non-hydrogen) atoms. The van der Waals surface area contributed by atoms with Crippen LogP contribution in [0.1, 0.15) is 33.1 Å². The van der Waals surface area contributed by atoms with Gasteiger partial charge in [-0.05, 0) is 19.4 Å². The second kappa shape index (κ2) is 3.74. The highest BCUT2D eigenvalue weighted by molar-refractivity contribution is 5.08. The minimum atomic E-state index is 0. The summed E-state index contributed by atoms with van der Waals surface area (Å²) in [5, 5.41) is 0. The van der Waals surface area contributed by atoms with Crippen LogP contribution in [0.15, 0.2) is 12.2 Å². The van der Waals surface area contributed by atoms with Gasteiger partial charge in [0, 0.05) is 19.3 Å². The van der Waals surface area contributed by atoms with E-state index in [9.17, 15) is 0 Å². The lowest BCUT2D eigenvalue weighted by molar-refractivity contribution is -0.944. The topological polar surface area (TPSA) is 0 Å². The van der Waals surface area contributed by atoms with Crippen molar-refractivity contribution in [3.63, 3.8) is 0 Å². The highest BCUT2D eigenvalue weighted by Crippen LogP contribution is 2.40. The molecule has 2 heteroatoms. The Hall–Kier alpha value is 0.180. The molecule has 1 unspecified atom stereocenters. The molecule has 76 valence electrons. The fraction of sp³-hybridized carbons (Fsp3) is 0.818. The molecule has 0 bridgehead atoms. The van der Waals surface area contributed by atoms with Gasteiger partial charge in [-0.1, -0.05) is 6.58 Å². The lowest BCUT2D eigenvalue weighted by Crippen LogP contribution is -3.00. The van der Waals surface area contributed by atoms with Crippen LogP contribution >= 0.6 is 0 Å². The van der Waals surface area contributed by atoms with Crippen LogP contribution in [-0.2, 0) is 0 Å². The van der Waals surface area contributed by atoms with Gasteiger partial charge in [0.15, 0.2) is 0 Å². The third-order valence-electron chi connectivity index (χ3n) is 4.02. The maximum absolute atomic E-state index is 4.21. The third-order valence-corrected chi connectivity index (χ3v) is 4.02. The summed E-state index contributed by atoms with van der Waals surface area (Å²) in [6.45, 7) is 11.7. The van der Waals surface area contributed by atoms with E-state index in [1.54, 1.807) is 0 Å². The Bertz CT molecular complexity index is 212. The maximum atomic E-state index is 4.21. The Morgan fingerprint density at radius 3 is 2.62 bits per heavy atom. The Morgan fingerprint density at radius 2 is 2.08 bits per heavy atom. The molecule has 0 N–H and O–H groups in total. The van der Waals surface area contributed by atoms with Gasteiger partial charge < -0.3 is 21.5 Å². The molecule has 0 aromatic rings. The average Bonchev–Trinajstić information content (AvgIpc) is 2.53. The molecule has 0 radical (unpaired) electrons. The zero-order valence-electron chi connectivity index (χ0n) is 8.72. The van der Waals surface area contributed by atoms with Crippen LogP contribution in [0.2, 0.25) is 0 Å². The molecule has 1 nitrogen and oxygen atoms in total. The first kappa shape index (κ1) is 11.3. The third kappa shape index (κ3) is 1.48. The van der Waals surface area contributed by atoms with Gasteiger partial charge in [-0.15, -0.1) is 0 Å². The average molecular weight is 246 g/mol. The van der Waals surface area contributed by atoms with Gasteiger partial charge in [-0.2, -0.15) is 0 Å². The molecule has 2 atom stereocenters. The zero-order valence-corrected chi connectivity index (χ0v) is 10.3. The standard InChI is InChI=1S/C11H20N.BrH/c1-9(2)12-7-4-5-11(12)10(3)6-8-12;/h9,11H,3-8H2,1-2H3;1H/q+1;/p-1/t11?,12-;/m0./s1. The number of fused-ring (bicyclic) bond motifs is 1. The van der Waals surface area contributed by atoms with E-state index in [-0.39, 0.29) is 17.0 Å². The van der Waals surface area contributed by atoms with E-state index >= 15 is 0 Å². The molecule has 0 amide bonds. The minimum absolute atomic E-state index is 0. The second-order valence-electron chi connectivity index (χ2n) is 4.71. The van der Waals surface area contributed by atoms with E-state index in [0.29, 0.717) is 0 Å². The summed E-state index contributed by atoms with van der Waals surface area (Å²) >= 11 is 0. The Balaban J connectivity index is 0.000000845. The molecule has 2 heterocycles. The van der Waals surface area contributed by atoms with E-state index < -0.39 is 0 Å². The fourth-order valence-electron chi connectivity index (χ4n) is 3.22. The molecule has 0 spiro atoms. The molecular weight excluding hydrogens is 226 g/mol. The zero-order chi connectivity index (χ0) is 8.77. The minimum Gasteiger partial charge on any atom is -1.00 e. The van der Waals surface area contributed by atoms with Gasteiger partial charge in [0.05, 0.1) is 19.1 Å². The molecule has 2 fully saturated rings. The predicted molar refractivity (Wildman–Crippen MR) is 51.9 cm³/mol. The largest absolute Gasteiger partial charge is 1.00 e. The second-order valence-corrected chi connectivity index (χ2v) is 4.71. The number of hydrogen-bond donors (Lipinski definition) is 0. The van der Waals surface area contributed by atoms with Crippen LogP contribution in [0.4, 0.5) is 0 Å². The van der Waals surface area contributed by atoms with Crippen molar-refractivity contribution in [2.45, 2.75) is 45.2 Å². The van der Waals surface area contributed by atoms with Crippen molar-refractivity contribution in [2.24, 2.45) is 0 Å². The molecule has 2 rings (SSSR count). The smallest absolute Gasteiger partial charge is 0.111 e. The van der Waals surface area contributed by atoms with E-state index in [4.69, 9.17) is 0 Å². The normalized spacial score (nSPS) is 37.8. The SMILES string of the molecule is C=C1CC[N@+]2(C(C)C)CCCC12.[Br-]. The summed E-state index contributed by atoms with van der Waals surface area (Å²) in [5.74, 6) is 0. The van der Waals surface area contributed by atoms with Crippen LogP contribution in [0, 0.1) is 0 Å². The molecular formula is C11H20BrN. The monoisotopic (exact) mass is 245 g/mol. The van der Waals surface area contributed by atoms with Crippen LogP contribution in [0.25, 0.3) is 0 Å². The summed E-state index contributed by atoms with van der Waals surface area (Å²) in [6.07, 6.45) is 4.10. The highest BCUT2D eigenvalue weighted by atomic mass is 79.9. The van der Waals surface area contributed by atoms with Crippen LogP contribution in [0.5, 0.6) is 0 Å². The van der Waals surface area contributed by atoms with Gasteiger partial charge in [-0.3, -0.25) is 0 Å². The summed E-state index contributed by atoms with van der Waals surface area (Å²) in [6, 6.07) is 1.63. The van der Waals surface area contributed by atoms with Crippen molar-refractivity contribution in [1.82, 2.24) is 0 Å². The van der Waals surface area contributed by atoms with Gasteiger partial charge in [-0.25, -0.2) is 0 Å². The van der Waals surface area contributed by atoms with Crippen molar-refractivity contribution in [3.05, 3.63) is 12.2 Å². The number of halogens is 1. The van der Waals surface area contributed by atoms with Gasteiger partial charge in [0.2, 0.25) is 0 Å². The lowest BCUT2D eigenvalue weighted by atomic mass is 10.1. The number of rotatable bonds is 1. The first-order valence-electron chi connectivity index (χ1n) is 5.21. The fourth-order valence-corrected chi connectivity index (χ4v) is 3.22. The highest BCUT2D eigenvalue weighted by Gasteiger charge is 2.49. The Morgan fingerprint density at radius 1 is 1.38 bits per heavy atom. The number of quaternary nitrogens is 1. The van der Waals surface area contributed by atoms with Gasteiger partial charge in [0.1, 0.15) is 6.04 Å². The molecule has 0 aliphatic carbocycles. The van der Waals surface area contributed by atoms with Crippen molar-refractivity contribution in [2.75, 3.05) is 13.1 Å². The summed E-state index contributed by atoms with van der Waals surface area (Å²) < 4.78 is 1.36. The summed E-state index contributed by atoms with van der Waals surface area (Å²) in [5.41, 5.74) is 1.53. The summed E-state index contributed by atoms with van der Waals surface area (Å²) in [7, 11) is 0. The predicted octanol–water partition coefficient (Wildman–Crippen LogP) is -0.662.